The topological polar surface area (TPSA) is 69.7 Å². The minimum atomic E-state index is -3.46. The maximum absolute atomic E-state index is 13.2. The maximum Gasteiger partial charge on any atom is 0.244 e. The number of rotatable bonds is 5. The zero-order chi connectivity index (χ0) is 19.5. The molecule has 0 atom stereocenters. The number of carbonyl (C=O) groups excluding carboxylic acids is 1. The van der Waals surface area contributed by atoms with Gasteiger partial charge in [0.05, 0.1) is 0 Å². The first-order chi connectivity index (χ1) is 12.8. The summed E-state index contributed by atoms with van der Waals surface area (Å²) in [5.41, 5.74) is 1.30. The molecule has 2 aliphatic rings. The van der Waals surface area contributed by atoms with E-state index in [1.807, 2.05) is 6.07 Å². The van der Waals surface area contributed by atoms with Crippen LogP contribution in [-0.2, 0) is 21.2 Å². The fourth-order valence-electron chi connectivity index (χ4n) is 4.37. The minimum absolute atomic E-state index is 0.109. The van der Waals surface area contributed by atoms with Crippen molar-refractivity contribution >= 4 is 15.7 Å². The number of nitrogens with one attached hydrogen (secondary N) is 1. The van der Waals surface area contributed by atoms with Crippen molar-refractivity contribution in [1.82, 2.24) is 15.1 Å². The summed E-state index contributed by atoms with van der Waals surface area (Å²) < 4.78 is 23.8. The largest absolute Gasteiger partial charge is 0.341 e. The lowest BCUT2D eigenvalue weighted by atomic mass is 9.93. The highest BCUT2D eigenvalue weighted by atomic mass is 32.2. The molecule has 150 valence electrons. The number of amides is 1. The van der Waals surface area contributed by atoms with Crippen molar-refractivity contribution in [2.24, 2.45) is 0 Å². The molecule has 1 N–H and O–H groups in total. The van der Waals surface area contributed by atoms with Crippen LogP contribution in [0.3, 0.4) is 0 Å². The summed E-state index contributed by atoms with van der Waals surface area (Å²) in [5.74, 6) is -0.215. The monoisotopic (exact) mass is 393 g/mol. The third-order valence-electron chi connectivity index (χ3n) is 6.18. The first-order valence-electron chi connectivity index (χ1n) is 9.77. The van der Waals surface area contributed by atoms with E-state index in [0.29, 0.717) is 25.9 Å². The fourth-order valence-corrected chi connectivity index (χ4v) is 5.77. The van der Waals surface area contributed by atoms with Gasteiger partial charge in [-0.2, -0.15) is 0 Å². The van der Waals surface area contributed by atoms with Gasteiger partial charge in [-0.25, -0.2) is 8.42 Å². The van der Waals surface area contributed by atoms with E-state index in [-0.39, 0.29) is 11.9 Å². The van der Waals surface area contributed by atoms with Crippen molar-refractivity contribution in [3.05, 3.63) is 35.9 Å². The Balaban J connectivity index is 1.62. The Kier molecular flexibility index (Phi) is 6.23. The summed E-state index contributed by atoms with van der Waals surface area (Å²) in [6.45, 7) is 3.91. The van der Waals surface area contributed by atoms with Gasteiger partial charge in [0.1, 0.15) is 0 Å². The van der Waals surface area contributed by atoms with Crippen LogP contribution in [0.4, 0.5) is 0 Å². The van der Waals surface area contributed by atoms with Gasteiger partial charge in [0.25, 0.3) is 0 Å². The number of likely N-dealkylation sites (tertiary alicyclic amines) is 1. The average Bonchev–Trinajstić information content (AvgIpc) is 2.68. The van der Waals surface area contributed by atoms with E-state index in [1.165, 1.54) is 11.8 Å². The molecule has 0 bridgehead atoms. The van der Waals surface area contributed by atoms with Gasteiger partial charge in [-0.3, -0.25) is 9.69 Å². The maximum atomic E-state index is 13.2. The van der Waals surface area contributed by atoms with Gasteiger partial charge in [0.2, 0.25) is 5.91 Å². The Bertz CT molecular complexity index is 737. The van der Waals surface area contributed by atoms with Gasteiger partial charge >= 0.3 is 0 Å². The number of nitrogens with zero attached hydrogens (tertiary/aromatic N) is 2. The van der Waals surface area contributed by atoms with Crippen LogP contribution in [0.25, 0.3) is 0 Å². The normalized spacial score (nSPS) is 21.7. The first kappa shape index (κ1) is 20.3. The van der Waals surface area contributed by atoms with Crippen LogP contribution in [-0.4, -0.2) is 74.4 Å². The lowest BCUT2D eigenvalue weighted by Crippen LogP contribution is -2.60. The van der Waals surface area contributed by atoms with Crippen LogP contribution in [0.15, 0.2) is 30.3 Å². The number of hydrogen-bond donors (Lipinski definition) is 1. The molecule has 27 heavy (non-hydrogen) atoms. The molecule has 2 saturated heterocycles. The van der Waals surface area contributed by atoms with Gasteiger partial charge in [0, 0.05) is 39.0 Å². The Hall–Kier alpha value is -1.44. The van der Waals surface area contributed by atoms with E-state index >= 15 is 0 Å². The molecule has 1 aromatic rings. The van der Waals surface area contributed by atoms with Crippen molar-refractivity contribution in [3.63, 3.8) is 0 Å². The van der Waals surface area contributed by atoms with Crippen LogP contribution < -0.4 is 5.32 Å². The number of sulfone groups is 1. The van der Waals surface area contributed by atoms with E-state index in [1.54, 1.807) is 11.9 Å². The summed E-state index contributed by atoms with van der Waals surface area (Å²) in [7, 11) is -1.68. The molecule has 6 nitrogen and oxygen atoms in total. The molecule has 0 aromatic heterocycles. The molecule has 1 amide bonds. The lowest BCUT2D eigenvalue weighted by molar-refractivity contribution is -0.136. The van der Waals surface area contributed by atoms with Crippen LogP contribution in [0.5, 0.6) is 0 Å². The average molecular weight is 394 g/mol. The molecular formula is C20H31N3O3S. The van der Waals surface area contributed by atoms with E-state index in [0.717, 1.165) is 32.5 Å². The van der Waals surface area contributed by atoms with Crippen molar-refractivity contribution in [2.45, 2.75) is 43.0 Å². The zero-order valence-electron chi connectivity index (χ0n) is 16.4. The molecule has 0 aliphatic carbocycles. The molecular weight excluding hydrogens is 362 g/mol. The SMILES string of the molecule is CN(C(=O)C1(S(C)(=O)=O)CCNCC1)C1CCN(Cc2ccccc2)CC1. The summed E-state index contributed by atoms with van der Waals surface area (Å²) in [5, 5.41) is 3.17. The molecule has 0 unspecified atom stereocenters. The minimum Gasteiger partial charge on any atom is -0.341 e. The van der Waals surface area contributed by atoms with Gasteiger partial charge in [-0.1, -0.05) is 30.3 Å². The van der Waals surface area contributed by atoms with E-state index in [2.05, 4.69) is 34.5 Å². The van der Waals surface area contributed by atoms with Crippen molar-refractivity contribution in [1.29, 1.82) is 0 Å². The predicted octanol–water partition coefficient (Wildman–Crippen LogP) is 1.28. The number of benzene rings is 1. The second-order valence-corrected chi connectivity index (χ2v) is 10.3. The Labute approximate surface area is 162 Å². The van der Waals surface area contributed by atoms with Gasteiger partial charge < -0.3 is 10.2 Å². The molecule has 1 aromatic carbocycles. The van der Waals surface area contributed by atoms with Crippen molar-refractivity contribution in [3.8, 4) is 0 Å². The zero-order valence-corrected chi connectivity index (χ0v) is 17.2. The highest BCUT2D eigenvalue weighted by Crippen LogP contribution is 2.31. The lowest BCUT2D eigenvalue weighted by Gasteiger charge is -2.42. The molecule has 3 rings (SSSR count). The Morgan fingerprint density at radius 2 is 1.78 bits per heavy atom. The quantitative estimate of drug-likeness (QED) is 0.816. The molecule has 2 aliphatic heterocycles. The smallest absolute Gasteiger partial charge is 0.244 e. The van der Waals surface area contributed by atoms with Gasteiger partial charge in [-0.05, 0) is 44.3 Å². The second kappa shape index (κ2) is 8.29. The summed E-state index contributed by atoms with van der Waals surface area (Å²) >= 11 is 0. The molecule has 7 heteroatoms. The van der Waals surface area contributed by atoms with Crippen LogP contribution in [0, 0.1) is 0 Å². The Morgan fingerprint density at radius 3 is 2.33 bits per heavy atom. The summed E-state index contributed by atoms with van der Waals surface area (Å²) in [6, 6.07) is 10.5. The van der Waals surface area contributed by atoms with Crippen molar-refractivity contribution < 1.29 is 13.2 Å². The summed E-state index contributed by atoms with van der Waals surface area (Å²) in [6.07, 6.45) is 3.70. The molecule has 2 fully saturated rings. The highest BCUT2D eigenvalue weighted by Gasteiger charge is 2.50. The number of hydrogen-bond acceptors (Lipinski definition) is 5. The van der Waals surface area contributed by atoms with Crippen LogP contribution >= 0.6 is 0 Å². The van der Waals surface area contributed by atoms with Crippen molar-refractivity contribution in [2.75, 3.05) is 39.5 Å². The van der Waals surface area contributed by atoms with E-state index < -0.39 is 14.6 Å². The van der Waals surface area contributed by atoms with Crippen LogP contribution in [0.2, 0.25) is 0 Å². The summed E-state index contributed by atoms with van der Waals surface area (Å²) in [4.78, 5) is 17.4. The van der Waals surface area contributed by atoms with Crippen LogP contribution in [0.1, 0.15) is 31.2 Å². The highest BCUT2D eigenvalue weighted by molar-refractivity contribution is 7.92. The standard InChI is InChI=1S/C20H31N3O3S/c1-22(19(24)20(27(2,25)26)10-12-21-13-11-20)18-8-14-23(15-9-18)16-17-6-4-3-5-7-17/h3-7,18,21H,8-16H2,1-2H3. The predicted molar refractivity (Wildman–Crippen MR) is 107 cm³/mol. The molecule has 0 saturated carbocycles. The van der Waals surface area contributed by atoms with E-state index in [9.17, 15) is 13.2 Å². The molecule has 2 heterocycles. The fraction of sp³-hybridized carbons (Fsp3) is 0.650. The number of carbonyl (C=O) groups is 1. The van der Waals surface area contributed by atoms with Gasteiger partial charge in [0.15, 0.2) is 14.6 Å². The third-order valence-corrected chi connectivity index (χ3v) is 8.19. The third kappa shape index (κ3) is 4.36. The van der Waals surface area contributed by atoms with E-state index in [4.69, 9.17) is 0 Å². The number of piperidine rings is 2. The molecule has 0 spiro atoms. The Morgan fingerprint density at radius 1 is 1.19 bits per heavy atom. The first-order valence-corrected chi connectivity index (χ1v) is 11.7. The van der Waals surface area contributed by atoms with Gasteiger partial charge in [-0.15, -0.1) is 0 Å². The second-order valence-electron chi connectivity index (χ2n) is 7.93. The molecule has 0 radical (unpaired) electrons.